The predicted octanol–water partition coefficient (Wildman–Crippen LogP) is 3.66. The first-order chi connectivity index (χ1) is 6.79. The van der Waals surface area contributed by atoms with Crippen molar-refractivity contribution in [2.45, 2.75) is 64.5 Å². The summed E-state index contributed by atoms with van der Waals surface area (Å²) in [5, 5.41) is 0. The summed E-state index contributed by atoms with van der Waals surface area (Å²) >= 11 is 5.88. The maximum absolute atomic E-state index is 5.88. The summed E-state index contributed by atoms with van der Waals surface area (Å²) < 4.78 is 0. The van der Waals surface area contributed by atoms with Crippen molar-refractivity contribution < 1.29 is 0 Å². The maximum Gasteiger partial charge on any atom is 0.0351 e. The molecule has 1 saturated carbocycles. The van der Waals surface area contributed by atoms with Crippen molar-refractivity contribution in [2.75, 3.05) is 12.4 Å². The zero-order valence-corrected chi connectivity index (χ0v) is 10.4. The summed E-state index contributed by atoms with van der Waals surface area (Å²) in [7, 11) is 0. The number of halogens is 1. The van der Waals surface area contributed by atoms with Gasteiger partial charge in [-0.15, -0.1) is 11.6 Å². The lowest BCUT2D eigenvalue weighted by atomic mass is 10.1. The number of rotatable bonds is 6. The van der Waals surface area contributed by atoms with Crippen molar-refractivity contribution in [1.29, 1.82) is 0 Å². The largest absolute Gasteiger partial charge is 0.297 e. The minimum absolute atomic E-state index is 0.724. The van der Waals surface area contributed by atoms with Crippen LogP contribution < -0.4 is 0 Å². The van der Waals surface area contributed by atoms with E-state index in [9.17, 15) is 0 Å². The van der Waals surface area contributed by atoms with Gasteiger partial charge in [0.2, 0.25) is 0 Å². The van der Waals surface area contributed by atoms with Crippen LogP contribution in [-0.2, 0) is 0 Å². The van der Waals surface area contributed by atoms with E-state index in [1.807, 2.05) is 0 Å². The third-order valence-corrected chi connectivity index (χ3v) is 3.58. The molecule has 0 saturated heterocycles. The van der Waals surface area contributed by atoms with Crippen LogP contribution in [-0.4, -0.2) is 29.4 Å². The van der Waals surface area contributed by atoms with E-state index < -0.39 is 0 Å². The van der Waals surface area contributed by atoms with Crippen LogP contribution in [0.1, 0.15) is 52.4 Å². The normalized spacial score (nSPS) is 20.6. The van der Waals surface area contributed by atoms with Crippen molar-refractivity contribution in [3.05, 3.63) is 0 Å². The molecular weight excluding hydrogens is 194 g/mol. The van der Waals surface area contributed by atoms with Crippen LogP contribution in [0.15, 0.2) is 0 Å². The smallest absolute Gasteiger partial charge is 0.0351 e. The average Bonchev–Trinajstić information content (AvgIpc) is 2.67. The Bertz CT molecular complexity index is 143. The second kappa shape index (κ2) is 6.68. The minimum atomic E-state index is 0.724. The second-order valence-corrected chi connectivity index (χ2v) is 4.88. The van der Waals surface area contributed by atoms with Crippen LogP contribution in [0.5, 0.6) is 0 Å². The van der Waals surface area contributed by atoms with Gasteiger partial charge in [-0.25, -0.2) is 0 Å². The molecule has 0 aliphatic heterocycles. The van der Waals surface area contributed by atoms with Gasteiger partial charge in [0, 0.05) is 24.5 Å². The summed E-state index contributed by atoms with van der Waals surface area (Å²) in [4.78, 5) is 2.64. The Hall–Kier alpha value is 0.250. The van der Waals surface area contributed by atoms with Crippen LogP contribution in [0, 0.1) is 0 Å². The van der Waals surface area contributed by atoms with E-state index in [1.165, 1.54) is 38.5 Å². The van der Waals surface area contributed by atoms with Gasteiger partial charge in [-0.05, 0) is 26.2 Å². The molecule has 14 heavy (non-hydrogen) atoms. The molecule has 2 heteroatoms. The fourth-order valence-corrected chi connectivity index (χ4v) is 2.88. The lowest BCUT2D eigenvalue weighted by Gasteiger charge is -2.34. The maximum atomic E-state index is 5.88. The van der Waals surface area contributed by atoms with Crippen molar-refractivity contribution in [1.82, 2.24) is 4.90 Å². The van der Waals surface area contributed by atoms with Gasteiger partial charge in [0.25, 0.3) is 0 Å². The Morgan fingerprint density at radius 3 is 2.50 bits per heavy atom. The molecule has 1 unspecified atom stereocenters. The second-order valence-electron chi connectivity index (χ2n) is 4.50. The van der Waals surface area contributed by atoms with Gasteiger partial charge in [0.15, 0.2) is 0 Å². The molecule has 0 aromatic heterocycles. The Balaban J connectivity index is 2.43. The van der Waals surface area contributed by atoms with E-state index in [4.69, 9.17) is 11.6 Å². The Kier molecular flexibility index (Phi) is 5.88. The van der Waals surface area contributed by atoms with Gasteiger partial charge in [-0.3, -0.25) is 4.90 Å². The highest BCUT2D eigenvalue weighted by Gasteiger charge is 2.25. The molecule has 0 spiro atoms. The van der Waals surface area contributed by atoms with Crippen LogP contribution in [0.4, 0.5) is 0 Å². The van der Waals surface area contributed by atoms with Crippen molar-refractivity contribution in [3.8, 4) is 0 Å². The van der Waals surface area contributed by atoms with E-state index in [1.54, 1.807) is 0 Å². The molecule has 0 aromatic carbocycles. The summed E-state index contributed by atoms with van der Waals surface area (Å²) in [5.74, 6) is 0.782. The standard InChI is InChI=1S/C12H24ClN/c1-3-6-11(2)14(10-9-13)12-7-4-5-8-12/h11-12H,3-10H2,1-2H3. The molecule has 0 N–H and O–H groups in total. The molecule has 0 bridgehead atoms. The molecule has 84 valence electrons. The zero-order chi connectivity index (χ0) is 10.4. The zero-order valence-electron chi connectivity index (χ0n) is 9.64. The van der Waals surface area contributed by atoms with Crippen molar-refractivity contribution >= 4 is 11.6 Å². The first-order valence-corrected chi connectivity index (χ1v) is 6.64. The van der Waals surface area contributed by atoms with E-state index in [2.05, 4.69) is 18.7 Å². The Morgan fingerprint density at radius 1 is 1.36 bits per heavy atom. The third kappa shape index (κ3) is 3.43. The summed E-state index contributed by atoms with van der Waals surface area (Å²) in [6, 6.07) is 1.55. The van der Waals surface area contributed by atoms with Gasteiger partial charge >= 0.3 is 0 Å². The van der Waals surface area contributed by atoms with E-state index >= 15 is 0 Å². The number of alkyl halides is 1. The highest BCUT2D eigenvalue weighted by molar-refractivity contribution is 6.18. The topological polar surface area (TPSA) is 3.24 Å². The molecule has 1 atom stereocenters. The quantitative estimate of drug-likeness (QED) is 0.614. The molecule has 1 aliphatic carbocycles. The molecule has 0 aromatic rings. The van der Waals surface area contributed by atoms with Crippen LogP contribution in [0.25, 0.3) is 0 Å². The van der Waals surface area contributed by atoms with Gasteiger partial charge in [0.1, 0.15) is 0 Å². The monoisotopic (exact) mass is 217 g/mol. The average molecular weight is 218 g/mol. The van der Waals surface area contributed by atoms with Crippen molar-refractivity contribution in [2.24, 2.45) is 0 Å². The van der Waals surface area contributed by atoms with Crippen LogP contribution in [0.3, 0.4) is 0 Å². The third-order valence-electron chi connectivity index (χ3n) is 3.41. The summed E-state index contributed by atoms with van der Waals surface area (Å²) in [6.45, 7) is 5.70. The van der Waals surface area contributed by atoms with E-state index in [-0.39, 0.29) is 0 Å². The van der Waals surface area contributed by atoms with Crippen LogP contribution >= 0.6 is 11.6 Å². The lowest BCUT2D eigenvalue weighted by molar-refractivity contribution is 0.147. The Morgan fingerprint density at radius 2 is 2.00 bits per heavy atom. The molecule has 0 radical (unpaired) electrons. The lowest BCUT2D eigenvalue weighted by Crippen LogP contribution is -2.41. The fraction of sp³-hybridized carbons (Fsp3) is 1.00. The summed E-state index contributed by atoms with van der Waals surface area (Å²) in [5.41, 5.74) is 0. The molecule has 1 fully saturated rings. The highest BCUT2D eigenvalue weighted by Crippen LogP contribution is 2.26. The SMILES string of the molecule is CCCC(C)N(CCCl)C1CCCC1. The fourth-order valence-electron chi connectivity index (χ4n) is 2.68. The molecule has 1 nitrogen and oxygen atoms in total. The highest BCUT2D eigenvalue weighted by atomic mass is 35.5. The first kappa shape index (κ1) is 12.3. The Labute approximate surface area is 93.8 Å². The number of hydrogen-bond acceptors (Lipinski definition) is 1. The minimum Gasteiger partial charge on any atom is -0.297 e. The molecule has 1 aliphatic rings. The molecule has 0 heterocycles. The van der Waals surface area contributed by atoms with E-state index in [0.717, 1.165) is 24.5 Å². The van der Waals surface area contributed by atoms with E-state index in [0.29, 0.717) is 0 Å². The predicted molar refractivity (Wildman–Crippen MR) is 64.1 cm³/mol. The molecular formula is C12H24ClN. The van der Waals surface area contributed by atoms with Crippen molar-refractivity contribution in [3.63, 3.8) is 0 Å². The first-order valence-electron chi connectivity index (χ1n) is 6.11. The number of hydrogen-bond donors (Lipinski definition) is 0. The van der Waals surface area contributed by atoms with Gasteiger partial charge < -0.3 is 0 Å². The van der Waals surface area contributed by atoms with Gasteiger partial charge in [-0.1, -0.05) is 26.2 Å². The molecule has 0 amide bonds. The van der Waals surface area contributed by atoms with Gasteiger partial charge in [0.05, 0.1) is 0 Å². The van der Waals surface area contributed by atoms with Crippen LogP contribution in [0.2, 0.25) is 0 Å². The molecule has 1 rings (SSSR count). The van der Waals surface area contributed by atoms with Gasteiger partial charge in [-0.2, -0.15) is 0 Å². The summed E-state index contributed by atoms with van der Waals surface area (Å²) in [6.07, 6.45) is 8.22. The number of nitrogens with zero attached hydrogens (tertiary/aromatic N) is 1.